The summed E-state index contributed by atoms with van der Waals surface area (Å²) in [6.45, 7) is 0. The average Bonchev–Trinajstić information content (AvgIpc) is 3.30. The highest BCUT2D eigenvalue weighted by Gasteiger charge is 2.51. The molecule has 0 atom stereocenters. The Labute approximate surface area is 173 Å². The van der Waals surface area contributed by atoms with E-state index in [9.17, 15) is 18.0 Å². The Bertz CT molecular complexity index is 1080. The van der Waals surface area contributed by atoms with E-state index in [0.717, 1.165) is 12.1 Å². The molecule has 0 radical (unpaired) electrons. The summed E-state index contributed by atoms with van der Waals surface area (Å²) >= 11 is 12.0. The van der Waals surface area contributed by atoms with Crippen LogP contribution >= 0.6 is 23.2 Å². The molecule has 1 heterocycles. The SMILES string of the molecule is O=C(Nc1cc(C(F)(F)F)ccc1-n1cncn1)C1(c2ccc(Cl)c(Cl)c2)CC1. The van der Waals surface area contributed by atoms with E-state index in [1.165, 1.54) is 23.4 Å². The first-order chi connectivity index (χ1) is 13.7. The minimum Gasteiger partial charge on any atom is -0.323 e. The smallest absolute Gasteiger partial charge is 0.323 e. The maximum absolute atomic E-state index is 13.2. The Morgan fingerprint density at radius 3 is 2.45 bits per heavy atom. The monoisotopic (exact) mass is 440 g/mol. The molecule has 0 spiro atoms. The van der Waals surface area contributed by atoms with Crippen LogP contribution < -0.4 is 5.32 Å². The van der Waals surface area contributed by atoms with E-state index in [1.807, 2.05) is 0 Å². The highest BCUT2D eigenvalue weighted by Crippen LogP contribution is 2.50. The van der Waals surface area contributed by atoms with Crippen LogP contribution in [-0.4, -0.2) is 20.7 Å². The summed E-state index contributed by atoms with van der Waals surface area (Å²) < 4.78 is 40.9. The lowest BCUT2D eigenvalue weighted by atomic mass is 9.94. The molecule has 0 saturated heterocycles. The molecule has 1 saturated carbocycles. The fourth-order valence-corrected chi connectivity index (χ4v) is 3.45. The summed E-state index contributed by atoms with van der Waals surface area (Å²) in [7, 11) is 0. The first kappa shape index (κ1) is 19.7. The Balaban J connectivity index is 1.71. The van der Waals surface area contributed by atoms with Gasteiger partial charge in [0.05, 0.1) is 32.4 Å². The van der Waals surface area contributed by atoms with Crippen molar-refractivity contribution in [2.45, 2.75) is 24.4 Å². The van der Waals surface area contributed by atoms with E-state index < -0.39 is 23.1 Å². The third-order valence-corrected chi connectivity index (χ3v) is 5.63. The van der Waals surface area contributed by atoms with Crippen LogP contribution in [0.2, 0.25) is 10.0 Å². The number of amides is 1. The van der Waals surface area contributed by atoms with Crippen LogP contribution in [-0.2, 0) is 16.4 Å². The molecule has 3 aromatic rings. The second kappa shape index (κ2) is 7.03. The van der Waals surface area contributed by atoms with Crippen molar-refractivity contribution in [1.29, 1.82) is 0 Å². The number of anilines is 1. The summed E-state index contributed by atoms with van der Waals surface area (Å²) in [6, 6.07) is 7.97. The van der Waals surface area contributed by atoms with Crippen molar-refractivity contribution in [2.75, 3.05) is 5.32 Å². The molecule has 1 aliphatic carbocycles. The summed E-state index contributed by atoms with van der Waals surface area (Å²) in [5.41, 5.74) is -0.813. The summed E-state index contributed by atoms with van der Waals surface area (Å²) in [4.78, 5) is 16.9. The minimum atomic E-state index is -4.55. The van der Waals surface area contributed by atoms with E-state index >= 15 is 0 Å². The number of carbonyl (C=O) groups is 1. The van der Waals surface area contributed by atoms with Gasteiger partial charge in [0.2, 0.25) is 5.91 Å². The van der Waals surface area contributed by atoms with Crippen molar-refractivity contribution < 1.29 is 18.0 Å². The molecule has 29 heavy (non-hydrogen) atoms. The number of benzene rings is 2. The van der Waals surface area contributed by atoms with Crippen LogP contribution in [0.4, 0.5) is 18.9 Å². The molecule has 1 aliphatic rings. The number of hydrogen-bond donors (Lipinski definition) is 1. The van der Waals surface area contributed by atoms with Crippen molar-refractivity contribution >= 4 is 34.8 Å². The molecule has 0 aliphatic heterocycles. The number of aromatic nitrogens is 3. The van der Waals surface area contributed by atoms with Gasteiger partial charge in [-0.1, -0.05) is 29.3 Å². The Hall–Kier alpha value is -2.58. The largest absolute Gasteiger partial charge is 0.416 e. The van der Waals surface area contributed by atoms with Gasteiger partial charge < -0.3 is 5.32 Å². The van der Waals surface area contributed by atoms with Gasteiger partial charge in [0.15, 0.2) is 0 Å². The third-order valence-electron chi connectivity index (χ3n) is 4.89. The average molecular weight is 441 g/mol. The van der Waals surface area contributed by atoms with E-state index in [0.29, 0.717) is 28.5 Å². The lowest BCUT2D eigenvalue weighted by Gasteiger charge is -2.19. The predicted octanol–water partition coefficient (Wildman–Crippen LogP) is 5.26. The fraction of sp³-hybridized carbons (Fsp3) is 0.211. The van der Waals surface area contributed by atoms with Crippen LogP contribution in [0.15, 0.2) is 49.1 Å². The molecule has 4 rings (SSSR count). The van der Waals surface area contributed by atoms with Crippen molar-refractivity contribution in [3.05, 3.63) is 70.2 Å². The first-order valence-corrected chi connectivity index (χ1v) is 9.29. The van der Waals surface area contributed by atoms with Crippen molar-refractivity contribution in [3.8, 4) is 5.69 Å². The predicted molar refractivity (Wildman–Crippen MR) is 102 cm³/mol. The number of hydrogen-bond acceptors (Lipinski definition) is 3. The Kier molecular flexibility index (Phi) is 4.78. The third kappa shape index (κ3) is 3.70. The first-order valence-electron chi connectivity index (χ1n) is 8.54. The van der Waals surface area contributed by atoms with Crippen LogP contribution in [0, 0.1) is 0 Å². The van der Waals surface area contributed by atoms with E-state index in [1.54, 1.807) is 18.2 Å². The van der Waals surface area contributed by atoms with Crippen molar-refractivity contribution in [2.24, 2.45) is 0 Å². The molecule has 1 aromatic heterocycles. The van der Waals surface area contributed by atoms with E-state index in [4.69, 9.17) is 23.2 Å². The van der Waals surface area contributed by atoms with Crippen LogP contribution in [0.1, 0.15) is 24.0 Å². The molecular weight excluding hydrogens is 428 g/mol. The number of rotatable bonds is 4. The normalized spacial score (nSPS) is 15.2. The van der Waals surface area contributed by atoms with Gasteiger partial charge in [0.1, 0.15) is 12.7 Å². The topological polar surface area (TPSA) is 59.8 Å². The van der Waals surface area contributed by atoms with Gasteiger partial charge in [0.25, 0.3) is 0 Å². The second-order valence-electron chi connectivity index (χ2n) is 6.73. The zero-order chi connectivity index (χ0) is 20.8. The molecule has 0 bridgehead atoms. The van der Waals surface area contributed by atoms with Gasteiger partial charge in [-0.05, 0) is 48.7 Å². The minimum absolute atomic E-state index is 0.0124. The summed E-state index contributed by atoms with van der Waals surface area (Å²) in [5, 5.41) is 7.26. The highest BCUT2D eigenvalue weighted by atomic mass is 35.5. The maximum atomic E-state index is 13.2. The Morgan fingerprint density at radius 1 is 1.10 bits per heavy atom. The molecule has 1 fully saturated rings. The van der Waals surface area contributed by atoms with Crippen molar-refractivity contribution in [3.63, 3.8) is 0 Å². The molecule has 2 aromatic carbocycles. The van der Waals surface area contributed by atoms with Gasteiger partial charge in [-0.2, -0.15) is 18.3 Å². The summed E-state index contributed by atoms with van der Waals surface area (Å²) in [5.74, 6) is -0.420. The van der Waals surface area contributed by atoms with E-state index in [2.05, 4.69) is 15.4 Å². The lowest BCUT2D eigenvalue weighted by molar-refractivity contribution is -0.137. The summed E-state index contributed by atoms with van der Waals surface area (Å²) in [6.07, 6.45) is -0.865. The molecule has 10 heteroatoms. The number of nitrogens with one attached hydrogen (secondary N) is 1. The number of nitrogens with zero attached hydrogens (tertiary/aromatic N) is 3. The van der Waals surface area contributed by atoms with E-state index in [-0.39, 0.29) is 11.4 Å². The number of alkyl halides is 3. The fourth-order valence-electron chi connectivity index (χ4n) is 3.15. The maximum Gasteiger partial charge on any atom is 0.416 e. The molecule has 150 valence electrons. The zero-order valence-electron chi connectivity index (χ0n) is 14.7. The quantitative estimate of drug-likeness (QED) is 0.601. The standard InChI is InChI=1S/C19H13Cl2F3N4O/c20-13-3-1-11(7-14(13)21)18(5-6-18)17(29)27-15-8-12(19(22,23)24)2-4-16(15)28-10-25-9-26-28/h1-4,7-10H,5-6H2,(H,27,29). The second-order valence-corrected chi connectivity index (χ2v) is 7.55. The number of carbonyl (C=O) groups excluding carboxylic acids is 1. The molecule has 1 amide bonds. The molecular formula is C19H13Cl2F3N4O. The molecule has 5 nitrogen and oxygen atoms in total. The van der Waals surface area contributed by atoms with Gasteiger partial charge in [-0.25, -0.2) is 9.67 Å². The molecule has 1 N–H and O–H groups in total. The van der Waals surface area contributed by atoms with Crippen molar-refractivity contribution in [1.82, 2.24) is 14.8 Å². The van der Waals surface area contributed by atoms with Gasteiger partial charge in [-0.3, -0.25) is 4.79 Å². The molecule has 0 unspecified atom stereocenters. The van der Waals surface area contributed by atoms with Gasteiger partial charge in [0, 0.05) is 0 Å². The van der Waals surface area contributed by atoms with Crippen LogP contribution in [0.5, 0.6) is 0 Å². The zero-order valence-corrected chi connectivity index (χ0v) is 16.2. The van der Waals surface area contributed by atoms with Gasteiger partial charge in [-0.15, -0.1) is 0 Å². The van der Waals surface area contributed by atoms with Crippen LogP contribution in [0.3, 0.4) is 0 Å². The van der Waals surface area contributed by atoms with Crippen LogP contribution in [0.25, 0.3) is 5.69 Å². The number of halogens is 5. The van der Waals surface area contributed by atoms with Gasteiger partial charge >= 0.3 is 6.18 Å². The highest BCUT2D eigenvalue weighted by molar-refractivity contribution is 6.42. The lowest BCUT2D eigenvalue weighted by Crippen LogP contribution is -2.28. The Morgan fingerprint density at radius 2 is 1.86 bits per heavy atom.